The molecule has 0 aliphatic rings. The van der Waals surface area contributed by atoms with E-state index in [-0.39, 0.29) is 25.7 Å². The second-order valence-corrected chi connectivity index (χ2v) is 28.4. The van der Waals surface area contributed by atoms with E-state index in [1.807, 2.05) is 0 Å². The molecule has 0 aliphatic carbocycles. The smallest absolute Gasteiger partial charge is 0.462 e. The van der Waals surface area contributed by atoms with Crippen LogP contribution < -0.4 is 0 Å². The molecule has 0 aromatic heterocycles. The number of ether oxygens (including phenoxy) is 4. The summed E-state index contributed by atoms with van der Waals surface area (Å²) in [5, 5.41) is 10.6. The standard InChI is InChI=1S/C70H136O17P2/c1-6-10-13-16-18-20-22-24-26-27-29-31-33-35-40-45-50-55-69(74)87-66(60-81-68(73)54-49-44-39-34-32-30-28-25-23-21-19-17-14-11-7-2)62-85-89(78,79)83-58-64(71)57-82-88(76,77)84-61-65(59-80-67(72)53-48-42-15-12-8-3)86-70(75)56-51-46-41-37-36-38-43-47-52-63(5)9-4/h63-66,71H,6-62H2,1-5H3,(H,76,77)(H,78,79)/t63?,64-,65+,66+/m0/s1. The third-order valence-electron chi connectivity index (χ3n) is 16.6. The van der Waals surface area contributed by atoms with Gasteiger partial charge >= 0.3 is 39.5 Å². The van der Waals surface area contributed by atoms with Gasteiger partial charge in [-0.25, -0.2) is 9.13 Å². The van der Waals surface area contributed by atoms with Gasteiger partial charge in [-0.1, -0.05) is 311 Å². The molecule has 0 spiro atoms. The number of phosphoric acid groups is 2. The van der Waals surface area contributed by atoms with Crippen LogP contribution in [0.4, 0.5) is 0 Å². The third kappa shape index (κ3) is 63.2. The summed E-state index contributed by atoms with van der Waals surface area (Å²) in [5.41, 5.74) is 0. The number of hydrogen-bond donors (Lipinski definition) is 3. The number of carbonyl (C=O) groups excluding carboxylic acids is 4. The first-order valence-corrected chi connectivity index (χ1v) is 39.7. The fourth-order valence-corrected chi connectivity index (χ4v) is 12.2. The van der Waals surface area contributed by atoms with E-state index in [4.69, 9.17) is 37.0 Å². The van der Waals surface area contributed by atoms with Crippen molar-refractivity contribution in [2.45, 2.75) is 380 Å². The lowest BCUT2D eigenvalue weighted by molar-refractivity contribution is -0.161. The molecule has 3 unspecified atom stereocenters. The first kappa shape index (κ1) is 87.1. The third-order valence-corrected chi connectivity index (χ3v) is 18.5. The highest BCUT2D eigenvalue weighted by Crippen LogP contribution is 2.45. The fraction of sp³-hybridized carbons (Fsp3) is 0.943. The lowest BCUT2D eigenvalue weighted by Crippen LogP contribution is -2.30. The predicted molar refractivity (Wildman–Crippen MR) is 358 cm³/mol. The van der Waals surface area contributed by atoms with Gasteiger partial charge in [-0.2, -0.15) is 0 Å². The molecule has 0 radical (unpaired) electrons. The number of hydrogen-bond acceptors (Lipinski definition) is 15. The van der Waals surface area contributed by atoms with E-state index in [1.165, 1.54) is 180 Å². The largest absolute Gasteiger partial charge is 0.472 e. The number of esters is 4. The van der Waals surface area contributed by atoms with E-state index >= 15 is 0 Å². The van der Waals surface area contributed by atoms with Gasteiger partial charge in [0.1, 0.15) is 19.3 Å². The SMILES string of the molecule is CCCCCCCCCCCCCCCCCCCC(=O)O[C@H](COC(=O)CCCCCCCCCCCCCCCCC)COP(=O)(O)OC[C@@H](O)COP(=O)(O)OC[C@@H](COC(=O)CCCCCCC)OC(=O)CCCCCCCCCCC(C)CC. The number of unbranched alkanes of at least 4 members (excludes halogenated alkanes) is 41. The van der Waals surface area contributed by atoms with E-state index in [0.29, 0.717) is 25.7 Å². The van der Waals surface area contributed by atoms with Gasteiger partial charge in [-0.15, -0.1) is 0 Å². The van der Waals surface area contributed by atoms with Crippen LogP contribution in [-0.2, 0) is 65.4 Å². The van der Waals surface area contributed by atoms with Crippen LogP contribution in [0.2, 0.25) is 0 Å². The van der Waals surface area contributed by atoms with Crippen LogP contribution >= 0.6 is 15.6 Å². The molecule has 0 bridgehead atoms. The normalized spacial score (nSPS) is 14.4. The Bertz CT molecular complexity index is 1720. The summed E-state index contributed by atoms with van der Waals surface area (Å²) in [6, 6.07) is 0. The molecular weight excluding hydrogens is 1170 g/mol. The van der Waals surface area contributed by atoms with E-state index in [0.717, 1.165) is 102 Å². The fourth-order valence-electron chi connectivity index (χ4n) is 10.6. The summed E-state index contributed by atoms with van der Waals surface area (Å²) in [6.45, 7) is 7.16. The highest BCUT2D eigenvalue weighted by Gasteiger charge is 2.30. The van der Waals surface area contributed by atoms with Gasteiger partial charge < -0.3 is 33.8 Å². The van der Waals surface area contributed by atoms with Crippen molar-refractivity contribution in [2.75, 3.05) is 39.6 Å². The van der Waals surface area contributed by atoms with Crippen LogP contribution in [0.1, 0.15) is 362 Å². The zero-order valence-electron chi connectivity index (χ0n) is 57.6. The Hall–Kier alpha value is -1.94. The molecule has 0 fully saturated rings. The Balaban J connectivity index is 5.16. The Morgan fingerprint density at radius 3 is 0.798 bits per heavy atom. The van der Waals surface area contributed by atoms with Crippen LogP contribution in [0.25, 0.3) is 0 Å². The van der Waals surface area contributed by atoms with Crippen molar-refractivity contribution in [1.82, 2.24) is 0 Å². The number of phosphoric ester groups is 2. The van der Waals surface area contributed by atoms with Crippen LogP contribution in [0.15, 0.2) is 0 Å². The zero-order chi connectivity index (χ0) is 65.6. The Labute approximate surface area is 543 Å². The number of carbonyl (C=O) groups is 4. The number of aliphatic hydroxyl groups is 1. The van der Waals surface area contributed by atoms with Gasteiger partial charge in [0.05, 0.1) is 26.4 Å². The van der Waals surface area contributed by atoms with Crippen molar-refractivity contribution in [3.8, 4) is 0 Å². The molecule has 0 saturated heterocycles. The highest BCUT2D eigenvalue weighted by molar-refractivity contribution is 7.47. The van der Waals surface area contributed by atoms with E-state index in [2.05, 4.69) is 34.6 Å². The van der Waals surface area contributed by atoms with Gasteiger partial charge in [0.2, 0.25) is 0 Å². The maximum absolute atomic E-state index is 13.0. The van der Waals surface area contributed by atoms with Gasteiger partial charge in [-0.3, -0.25) is 37.3 Å². The van der Waals surface area contributed by atoms with Crippen molar-refractivity contribution in [3.05, 3.63) is 0 Å². The second kappa shape index (κ2) is 63.5. The van der Waals surface area contributed by atoms with Crippen molar-refractivity contribution in [3.63, 3.8) is 0 Å². The summed E-state index contributed by atoms with van der Waals surface area (Å²) < 4.78 is 68.1. The quantitative estimate of drug-likeness (QED) is 0.0222. The Morgan fingerprint density at radius 1 is 0.315 bits per heavy atom. The summed E-state index contributed by atoms with van der Waals surface area (Å²) in [5.74, 6) is -1.36. The molecule has 89 heavy (non-hydrogen) atoms. The number of aliphatic hydroxyl groups excluding tert-OH is 1. The van der Waals surface area contributed by atoms with Gasteiger partial charge in [0.25, 0.3) is 0 Å². The molecule has 0 aromatic rings. The van der Waals surface area contributed by atoms with Crippen LogP contribution in [-0.4, -0.2) is 96.7 Å². The molecule has 0 heterocycles. The van der Waals surface area contributed by atoms with E-state index < -0.39 is 97.5 Å². The summed E-state index contributed by atoms with van der Waals surface area (Å²) in [6.07, 6.45) is 50.3. The Kier molecular flexibility index (Phi) is 62.1. The molecule has 0 aromatic carbocycles. The minimum Gasteiger partial charge on any atom is -0.462 e. The molecule has 19 heteroatoms. The maximum atomic E-state index is 13.0. The van der Waals surface area contributed by atoms with Crippen molar-refractivity contribution < 1.29 is 80.2 Å². The molecule has 0 rings (SSSR count). The zero-order valence-corrected chi connectivity index (χ0v) is 59.4. The van der Waals surface area contributed by atoms with Crippen LogP contribution in [0.5, 0.6) is 0 Å². The average Bonchev–Trinajstić information content (AvgIpc) is 3.67. The first-order valence-electron chi connectivity index (χ1n) is 36.7. The van der Waals surface area contributed by atoms with E-state index in [9.17, 15) is 43.2 Å². The lowest BCUT2D eigenvalue weighted by atomic mass is 9.99. The first-order chi connectivity index (χ1) is 43.1. The molecule has 6 atom stereocenters. The minimum absolute atomic E-state index is 0.104. The topological polar surface area (TPSA) is 237 Å². The van der Waals surface area contributed by atoms with Crippen molar-refractivity contribution in [2.24, 2.45) is 5.92 Å². The molecule has 17 nitrogen and oxygen atoms in total. The molecule has 0 aliphatic heterocycles. The predicted octanol–water partition coefficient (Wildman–Crippen LogP) is 20.1. The van der Waals surface area contributed by atoms with Crippen LogP contribution in [0.3, 0.4) is 0 Å². The van der Waals surface area contributed by atoms with Gasteiger partial charge in [0, 0.05) is 25.7 Å². The van der Waals surface area contributed by atoms with E-state index in [1.54, 1.807) is 0 Å². The monoisotopic (exact) mass is 1310 g/mol. The molecule has 528 valence electrons. The summed E-state index contributed by atoms with van der Waals surface area (Å²) in [4.78, 5) is 72.3. The van der Waals surface area contributed by atoms with Gasteiger partial charge in [0.15, 0.2) is 12.2 Å². The minimum atomic E-state index is -4.95. The Morgan fingerprint density at radius 2 is 0.539 bits per heavy atom. The average molecular weight is 1310 g/mol. The van der Waals surface area contributed by atoms with Crippen molar-refractivity contribution in [1.29, 1.82) is 0 Å². The number of rotatable bonds is 70. The van der Waals surface area contributed by atoms with Gasteiger partial charge in [-0.05, 0) is 31.6 Å². The molecule has 0 amide bonds. The molecule has 0 saturated carbocycles. The molecule has 3 N–H and O–H groups in total. The summed E-state index contributed by atoms with van der Waals surface area (Å²) >= 11 is 0. The maximum Gasteiger partial charge on any atom is 0.472 e. The molecular formula is C70H136O17P2. The van der Waals surface area contributed by atoms with Crippen LogP contribution in [0, 0.1) is 5.92 Å². The van der Waals surface area contributed by atoms with Crippen molar-refractivity contribution >= 4 is 39.5 Å². The highest BCUT2D eigenvalue weighted by atomic mass is 31.2. The summed E-state index contributed by atoms with van der Waals surface area (Å²) in [7, 11) is -9.89. The lowest BCUT2D eigenvalue weighted by Gasteiger charge is -2.21. The second-order valence-electron chi connectivity index (χ2n) is 25.5.